The van der Waals surface area contributed by atoms with E-state index in [1.807, 2.05) is 89.4 Å². The van der Waals surface area contributed by atoms with E-state index in [4.69, 9.17) is 0 Å². The Labute approximate surface area is 149 Å². The topological polar surface area (TPSA) is 50.2 Å². The normalized spacial score (nSPS) is 11.2. The molecule has 0 aliphatic heterocycles. The summed E-state index contributed by atoms with van der Waals surface area (Å²) in [6.07, 6.45) is 0. The lowest BCUT2D eigenvalue weighted by Gasteiger charge is -2.09. The number of nitrogens with one attached hydrogen (secondary N) is 1. The number of H-pyrrole nitrogens is 1. The fourth-order valence-corrected chi connectivity index (χ4v) is 3.49. The van der Waals surface area contributed by atoms with Crippen LogP contribution in [-0.4, -0.2) is 14.8 Å². The molecule has 3 aromatic carbocycles. The summed E-state index contributed by atoms with van der Waals surface area (Å²) in [7, 11) is 0. The van der Waals surface area contributed by atoms with Crippen LogP contribution in [0.4, 0.5) is 0 Å². The highest BCUT2D eigenvalue weighted by Gasteiger charge is 2.19. The third-order valence-electron chi connectivity index (χ3n) is 4.67. The lowest BCUT2D eigenvalue weighted by molar-refractivity contribution is 0.884. The zero-order valence-electron chi connectivity index (χ0n) is 13.9. The van der Waals surface area contributed by atoms with Gasteiger partial charge in [-0.15, -0.1) is 0 Å². The van der Waals surface area contributed by atoms with Crippen molar-refractivity contribution in [2.75, 3.05) is 0 Å². The Morgan fingerprint density at radius 2 is 1.35 bits per heavy atom. The van der Waals surface area contributed by atoms with Gasteiger partial charge in [0.25, 0.3) is 0 Å². The number of aromatic amines is 1. The second-order valence-electron chi connectivity index (χ2n) is 6.20. The molecule has 0 radical (unpaired) electrons. The van der Waals surface area contributed by atoms with Gasteiger partial charge in [-0.05, 0) is 17.7 Å². The van der Waals surface area contributed by atoms with Gasteiger partial charge >= 0.3 is 0 Å². The first-order chi connectivity index (χ1) is 12.8. The van der Waals surface area contributed by atoms with Crippen molar-refractivity contribution in [3.63, 3.8) is 0 Å². The Morgan fingerprint density at radius 1 is 0.731 bits per heavy atom. The molecule has 5 aromatic rings. The van der Waals surface area contributed by atoms with Gasteiger partial charge in [-0.2, -0.15) is 5.10 Å². The third kappa shape index (κ3) is 2.09. The minimum absolute atomic E-state index is 0.0189. The molecule has 0 spiro atoms. The highest BCUT2D eigenvalue weighted by atomic mass is 16.1. The number of fused-ring (bicyclic) bond motifs is 3. The molecule has 0 aliphatic carbocycles. The maximum Gasteiger partial charge on any atom is 0.198 e. The molecule has 4 nitrogen and oxygen atoms in total. The third-order valence-corrected chi connectivity index (χ3v) is 4.67. The summed E-state index contributed by atoms with van der Waals surface area (Å²) < 4.78 is 1.90. The largest absolute Gasteiger partial charge is 0.288 e. The molecule has 124 valence electrons. The quantitative estimate of drug-likeness (QED) is 0.515. The fraction of sp³-hybridized carbons (Fsp3) is 0. The summed E-state index contributed by atoms with van der Waals surface area (Å²) in [5.74, 6) is 0. The van der Waals surface area contributed by atoms with Crippen molar-refractivity contribution in [3.05, 3.63) is 95.2 Å². The van der Waals surface area contributed by atoms with Crippen molar-refractivity contribution < 1.29 is 0 Å². The van der Waals surface area contributed by atoms with Gasteiger partial charge in [0.05, 0.1) is 11.1 Å². The SMILES string of the molecule is O=c1c(-c2ccccc2)c2c(-c3ccccc3)n[nH]n2c2ccccc12. The fourth-order valence-electron chi connectivity index (χ4n) is 3.49. The van der Waals surface area contributed by atoms with Crippen LogP contribution in [-0.2, 0) is 0 Å². The maximum absolute atomic E-state index is 13.4. The average molecular weight is 337 g/mol. The number of nitrogens with zero attached hydrogens (tertiary/aromatic N) is 2. The molecule has 0 amide bonds. The lowest BCUT2D eigenvalue weighted by atomic mass is 9.99. The number of hydrogen-bond donors (Lipinski definition) is 1. The van der Waals surface area contributed by atoms with E-state index < -0.39 is 0 Å². The Kier molecular flexibility index (Phi) is 3.22. The maximum atomic E-state index is 13.4. The standard InChI is InChI=1S/C22H15N3O/c26-22-17-13-7-8-14-18(17)25-21(19(22)15-9-3-1-4-10-15)20(23-24-25)16-11-5-2-6-12-16/h1-14,24H. The molecule has 0 aliphatic rings. The van der Waals surface area contributed by atoms with E-state index in [0.29, 0.717) is 10.9 Å². The first-order valence-electron chi connectivity index (χ1n) is 8.47. The second-order valence-corrected chi connectivity index (χ2v) is 6.20. The molecule has 2 heterocycles. The Bertz CT molecular complexity index is 1290. The summed E-state index contributed by atoms with van der Waals surface area (Å²) in [4.78, 5) is 13.4. The van der Waals surface area contributed by atoms with E-state index in [2.05, 4.69) is 10.3 Å². The molecule has 0 bridgehead atoms. The number of rotatable bonds is 2. The molecule has 5 rings (SSSR count). The van der Waals surface area contributed by atoms with E-state index in [9.17, 15) is 4.79 Å². The molecule has 2 aromatic heterocycles. The predicted octanol–water partition coefficient (Wildman–Crippen LogP) is 4.51. The molecule has 0 saturated carbocycles. The number of para-hydroxylation sites is 1. The van der Waals surface area contributed by atoms with Crippen LogP contribution in [0.1, 0.15) is 0 Å². The number of hydrogen-bond acceptors (Lipinski definition) is 2. The van der Waals surface area contributed by atoms with E-state index in [1.54, 1.807) is 0 Å². The molecule has 1 N–H and O–H groups in total. The molecule has 0 atom stereocenters. The zero-order valence-corrected chi connectivity index (χ0v) is 13.9. The van der Waals surface area contributed by atoms with E-state index in [0.717, 1.165) is 27.9 Å². The Balaban J connectivity index is 2.01. The van der Waals surface area contributed by atoms with Crippen LogP contribution in [0.15, 0.2) is 89.7 Å². The van der Waals surface area contributed by atoms with Crippen LogP contribution in [0.5, 0.6) is 0 Å². The van der Waals surface area contributed by atoms with Crippen LogP contribution in [0.25, 0.3) is 38.8 Å². The van der Waals surface area contributed by atoms with Crippen LogP contribution in [0, 0.1) is 0 Å². The summed E-state index contributed by atoms with van der Waals surface area (Å²) in [6, 6.07) is 27.3. The van der Waals surface area contributed by atoms with Gasteiger partial charge in [-0.1, -0.05) is 72.8 Å². The van der Waals surface area contributed by atoms with Gasteiger partial charge in [-0.3, -0.25) is 4.79 Å². The number of benzene rings is 3. The van der Waals surface area contributed by atoms with Gasteiger partial charge in [0, 0.05) is 10.9 Å². The minimum Gasteiger partial charge on any atom is -0.288 e. The molecule has 0 unspecified atom stereocenters. The van der Waals surface area contributed by atoms with Gasteiger partial charge < -0.3 is 0 Å². The van der Waals surface area contributed by atoms with Crippen molar-refractivity contribution in [1.82, 2.24) is 14.8 Å². The molecular formula is C22H15N3O. The van der Waals surface area contributed by atoms with Crippen molar-refractivity contribution in [2.24, 2.45) is 0 Å². The van der Waals surface area contributed by atoms with Gasteiger partial charge in [0.1, 0.15) is 11.2 Å². The summed E-state index contributed by atoms with van der Waals surface area (Å²) in [5, 5.41) is 8.31. The van der Waals surface area contributed by atoms with Crippen LogP contribution in [0.3, 0.4) is 0 Å². The van der Waals surface area contributed by atoms with Crippen molar-refractivity contribution in [1.29, 1.82) is 0 Å². The predicted molar refractivity (Wildman–Crippen MR) is 104 cm³/mol. The minimum atomic E-state index is 0.0189. The van der Waals surface area contributed by atoms with E-state index >= 15 is 0 Å². The summed E-state index contributed by atoms with van der Waals surface area (Å²) >= 11 is 0. The van der Waals surface area contributed by atoms with Crippen molar-refractivity contribution >= 4 is 16.4 Å². The molecular weight excluding hydrogens is 322 g/mol. The van der Waals surface area contributed by atoms with Crippen LogP contribution < -0.4 is 5.43 Å². The summed E-state index contributed by atoms with van der Waals surface area (Å²) in [6.45, 7) is 0. The first kappa shape index (κ1) is 14.7. The molecule has 0 fully saturated rings. The highest BCUT2D eigenvalue weighted by molar-refractivity contribution is 5.98. The van der Waals surface area contributed by atoms with Crippen LogP contribution in [0.2, 0.25) is 0 Å². The average Bonchev–Trinajstić information content (AvgIpc) is 3.15. The van der Waals surface area contributed by atoms with E-state index in [-0.39, 0.29) is 5.43 Å². The Morgan fingerprint density at radius 3 is 2.08 bits per heavy atom. The van der Waals surface area contributed by atoms with Crippen molar-refractivity contribution in [2.45, 2.75) is 0 Å². The van der Waals surface area contributed by atoms with Crippen molar-refractivity contribution in [3.8, 4) is 22.4 Å². The molecule has 4 heteroatoms. The lowest BCUT2D eigenvalue weighted by Crippen LogP contribution is -2.10. The molecule has 26 heavy (non-hydrogen) atoms. The monoisotopic (exact) mass is 337 g/mol. The zero-order chi connectivity index (χ0) is 17.5. The molecule has 0 saturated heterocycles. The first-order valence-corrected chi connectivity index (χ1v) is 8.47. The number of aromatic nitrogens is 3. The second kappa shape index (κ2) is 5.70. The van der Waals surface area contributed by atoms with Gasteiger partial charge in [0.2, 0.25) is 0 Å². The van der Waals surface area contributed by atoms with Gasteiger partial charge in [-0.25, -0.2) is 9.73 Å². The highest BCUT2D eigenvalue weighted by Crippen LogP contribution is 2.31. The Hall–Kier alpha value is -3.66. The smallest absolute Gasteiger partial charge is 0.198 e. The van der Waals surface area contributed by atoms with Crippen LogP contribution >= 0.6 is 0 Å². The van der Waals surface area contributed by atoms with E-state index in [1.165, 1.54) is 0 Å². The summed E-state index contributed by atoms with van der Waals surface area (Å²) in [5.41, 5.74) is 4.93. The van der Waals surface area contributed by atoms with Gasteiger partial charge in [0.15, 0.2) is 5.43 Å². The number of pyridine rings is 1.